The van der Waals surface area contributed by atoms with E-state index >= 15 is 0 Å². The van der Waals surface area contributed by atoms with Gasteiger partial charge in [0.05, 0.1) is 0 Å². The van der Waals surface area contributed by atoms with Crippen molar-refractivity contribution < 1.29 is 0 Å². The molecule has 0 spiro atoms. The van der Waals surface area contributed by atoms with Crippen molar-refractivity contribution in [2.24, 2.45) is 10.9 Å². The predicted octanol–water partition coefficient (Wildman–Crippen LogP) is 1.59. The van der Waals surface area contributed by atoms with Gasteiger partial charge in [0.1, 0.15) is 0 Å². The maximum absolute atomic E-state index is 4.78. The van der Waals surface area contributed by atoms with Crippen LogP contribution < -0.4 is 10.2 Å². The third-order valence-electron chi connectivity index (χ3n) is 3.95. The molecule has 1 saturated carbocycles. The number of anilines is 1. The van der Waals surface area contributed by atoms with E-state index in [2.05, 4.69) is 32.0 Å². The van der Waals surface area contributed by atoms with E-state index in [0.29, 0.717) is 0 Å². The lowest BCUT2D eigenvalue weighted by Crippen LogP contribution is -2.53. The monoisotopic (exact) mass is 416 g/mol. The van der Waals surface area contributed by atoms with E-state index in [1.807, 2.05) is 6.07 Å². The molecule has 0 bridgehead atoms. The van der Waals surface area contributed by atoms with Gasteiger partial charge in [-0.25, -0.2) is 9.97 Å². The Hall–Kier alpha value is -1.12. The minimum Gasteiger partial charge on any atom is -0.357 e. The summed E-state index contributed by atoms with van der Waals surface area (Å²) in [5.41, 5.74) is 0. The normalized spacial score (nSPS) is 18.9. The molecule has 1 saturated heterocycles. The van der Waals surface area contributed by atoms with Crippen LogP contribution in [0.4, 0.5) is 5.95 Å². The molecule has 2 fully saturated rings. The van der Waals surface area contributed by atoms with Gasteiger partial charge in [-0.15, -0.1) is 24.0 Å². The van der Waals surface area contributed by atoms with Gasteiger partial charge in [0.2, 0.25) is 5.95 Å². The molecule has 7 heteroatoms. The molecular formula is C15H25IN6. The number of aromatic nitrogens is 2. The fourth-order valence-corrected chi connectivity index (χ4v) is 2.51. The molecule has 1 N–H and O–H groups in total. The molecule has 3 rings (SSSR count). The molecule has 22 heavy (non-hydrogen) atoms. The first-order valence-corrected chi connectivity index (χ1v) is 7.92. The molecular weight excluding hydrogens is 391 g/mol. The summed E-state index contributed by atoms with van der Waals surface area (Å²) in [5, 5.41) is 3.42. The van der Waals surface area contributed by atoms with Crippen LogP contribution in [0, 0.1) is 5.92 Å². The van der Waals surface area contributed by atoms with E-state index in [4.69, 9.17) is 4.99 Å². The summed E-state index contributed by atoms with van der Waals surface area (Å²) in [7, 11) is 0. The van der Waals surface area contributed by atoms with Crippen LogP contribution in [0.2, 0.25) is 0 Å². The topological polar surface area (TPSA) is 56.7 Å². The number of halogens is 1. The Morgan fingerprint density at radius 2 is 1.91 bits per heavy atom. The van der Waals surface area contributed by atoms with Crippen LogP contribution in [-0.4, -0.2) is 60.1 Å². The number of piperazine rings is 1. The third kappa shape index (κ3) is 4.69. The van der Waals surface area contributed by atoms with Crippen molar-refractivity contribution in [2.45, 2.75) is 19.8 Å². The zero-order valence-electron chi connectivity index (χ0n) is 13.1. The molecule has 0 amide bonds. The molecule has 6 nitrogen and oxygen atoms in total. The van der Waals surface area contributed by atoms with E-state index in [1.165, 1.54) is 12.8 Å². The third-order valence-corrected chi connectivity index (χ3v) is 3.95. The highest BCUT2D eigenvalue weighted by Gasteiger charge is 2.23. The second-order valence-corrected chi connectivity index (χ2v) is 5.66. The molecule has 2 aliphatic rings. The van der Waals surface area contributed by atoms with Crippen LogP contribution in [0.25, 0.3) is 0 Å². The zero-order chi connectivity index (χ0) is 14.5. The first-order chi connectivity index (χ1) is 10.4. The van der Waals surface area contributed by atoms with Crippen molar-refractivity contribution in [3.63, 3.8) is 0 Å². The van der Waals surface area contributed by atoms with E-state index in [9.17, 15) is 0 Å². The Balaban J connectivity index is 0.00000176. The van der Waals surface area contributed by atoms with Gasteiger partial charge in [-0.05, 0) is 31.7 Å². The molecule has 1 aromatic heterocycles. The van der Waals surface area contributed by atoms with Crippen molar-refractivity contribution in [1.29, 1.82) is 0 Å². The molecule has 122 valence electrons. The van der Waals surface area contributed by atoms with E-state index in [-0.39, 0.29) is 24.0 Å². The summed E-state index contributed by atoms with van der Waals surface area (Å²) in [4.78, 5) is 18.0. The van der Waals surface area contributed by atoms with Gasteiger partial charge in [-0.1, -0.05) is 0 Å². The average Bonchev–Trinajstić information content (AvgIpc) is 3.37. The van der Waals surface area contributed by atoms with E-state index in [1.54, 1.807) is 12.4 Å². The van der Waals surface area contributed by atoms with E-state index in [0.717, 1.165) is 57.1 Å². The van der Waals surface area contributed by atoms with Crippen LogP contribution in [0.15, 0.2) is 23.5 Å². The fourth-order valence-electron chi connectivity index (χ4n) is 2.51. The maximum Gasteiger partial charge on any atom is 0.225 e. The number of nitrogens with one attached hydrogen (secondary N) is 1. The molecule has 1 aromatic rings. The molecule has 1 aliphatic heterocycles. The lowest BCUT2D eigenvalue weighted by molar-refractivity contribution is 0.370. The summed E-state index contributed by atoms with van der Waals surface area (Å²) in [6.45, 7) is 7.84. The standard InChI is InChI=1S/C15H24N6.HI/c1-2-16-14(19-12-13-4-5-13)20-8-10-21(11-9-20)15-17-6-3-7-18-15;/h3,6-7,13H,2,4-5,8-12H2,1H3,(H,16,19);1H. The predicted molar refractivity (Wildman–Crippen MR) is 99.9 cm³/mol. The SMILES string of the molecule is CCNC(=NCC1CC1)N1CCN(c2ncccn2)CC1.I. The van der Waals surface area contributed by atoms with Gasteiger partial charge in [0, 0.05) is 51.7 Å². The van der Waals surface area contributed by atoms with Crippen LogP contribution in [0.1, 0.15) is 19.8 Å². The molecule has 0 aromatic carbocycles. The highest BCUT2D eigenvalue weighted by Crippen LogP contribution is 2.28. The summed E-state index contributed by atoms with van der Waals surface area (Å²) >= 11 is 0. The first-order valence-electron chi connectivity index (χ1n) is 7.92. The molecule has 1 aliphatic carbocycles. The lowest BCUT2D eigenvalue weighted by atomic mass is 10.3. The van der Waals surface area contributed by atoms with Crippen LogP contribution in [0.5, 0.6) is 0 Å². The van der Waals surface area contributed by atoms with Crippen LogP contribution >= 0.6 is 24.0 Å². The Kier molecular flexibility index (Phi) is 6.66. The average molecular weight is 416 g/mol. The van der Waals surface area contributed by atoms with Crippen molar-refractivity contribution in [1.82, 2.24) is 20.2 Å². The van der Waals surface area contributed by atoms with Gasteiger partial charge < -0.3 is 15.1 Å². The number of aliphatic imine (C=N–C) groups is 1. The van der Waals surface area contributed by atoms with Gasteiger partial charge in [0.15, 0.2) is 5.96 Å². The fraction of sp³-hybridized carbons (Fsp3) is 0.667. The molecule has 0 radical (unpaired) electrons. The second-order valence-electron chi connectivity index (χ2n) is 5.66. The maximum atomic E-state index is 4.78. The second kappa shape index (κ2) is 8.50. The van der Waals surface area contributed by atoms with Gasteiger partial charge in [0.25, 0.3) is 0 Å². The Labute approximate surface area is 149 Å². The van der Waals surface area contributed by atoms with Crippen LogP contribution in [0.3, 0.4) is 0 Å². The quantitative estimate of drug-likeness (QED) is 0.459. The van der Waals surface area contributed by atoms with Crippen molar-refractivity contribution in [2.75, 3.05) is 44.2 Å². The Bertz CT molecular complexity index is 468. The largest absolute Gasteiger partial charge is 0.357 e. The minimum absolute atomic E-state index is 0. The van der Waals surface area contributed by atoms with Crippen molar-refractivity contribution >= 4 is 35.9 Å². The number of guanidine groups is 1. The Morgan fingerprint density at radius 3 is 2.50 bits per heavy atom. The summed E-state index contributed by atoms with van der Waals surface area (Å²) in [6.07, 6.45) is 6.30. The molecule has 0 atom stereocenters. The smallest absolute Gasteiger partial charge is 0.225 e. The number of rotatable bonds is 4. The van der Waals surface area contributed by atoms with Crippen molar-refractivity contribution in [3.05, 3.63) is 18.5 Å². The first kappa shape index (κ1) is 17.2. The summed E-state index contributed by atoms with van der Waals surface area (Å²) in [6, 6.07) is 1.85. The van der Waals surface area contributed by atoms with E-state index < -0.39 is 0 Å². The van der Waals surface area contributed by atoms with Gasteiger partial charge >= 0.3 is 0 Å². The van der Waals surface area contributed by atoms with Crippen molar-refractivity contribution in [3.8, 4) is 0 Å². The number of hydrogen-bond donors (Lipinski definition) is 1. The number of hydrogen-bond acceptors (Lipinski definition) is 4. The Morgan fingerprint density at radius 1 is 1.23 bits per heavy atom. The van der Waals surface area contributed by atoms with Gasteiger partial charge in [-0.3, -0.25) is 4.99 Å². The highest BCUT2D eigenvalue weighted by atomic mass is 127. The highest BCUT2D eigenvalue weighted by molar-refractivity contribution is 14.0. The van der Waals surface area contributed by atoms with Gasteiger partial charge in [-0.2, -0.15) is 0 Å². The lowest BCUT2D eigenvalue weighted by Gasteiger charge is -2.36. The summed E-state index contributed by atoms with van der Waals surface area (Å²) < 4.78 is 0. The number of nitrogens with zero attached hydrogens (tertiary/aromatic N) is 5. The molecule has 0 unspecified atom stereocenters. The molecule has 2 heterocycles. The summed E-state index contributed by atoms with van der Waals surface area (Å²) in [5.74, 6) is 2.73. The van der Waals surface area contributed by atoms with Crippen LogP contribution in [-0.2, 0) is 0 Å². The zero-order valence-corrected chi connectivity index (χ0v) is 15.4. The minimum atomic E-state index is 0.